The number of amides is 1. The number of hydrogen-bond donors (Lipinski definition) is 2. The van der Waals surface area contributed by atoms with Gasteiger partial charge in [-0.3, -0.25) is 4.79 Å². The van der Waals surface area contributed by atoms with Crippen LogP contribution in [0.5, 0.6) is 0 Å². The minimum absolute atomic E-state index is 0.0347. The van der Waals surface area contributed by atoms with Gasteiger partial charge in [0.1, 0.15) is 0 Å². The summed E-state index contributed by atoms with van der Waals surface area (Å²) in [5.41, 5.74) is 8.74. The zero-order valence-corrected chi connectivity index (χ0v) is 13.9. The van der Waals surface area contributed by atoms with Crippen molar-refractivity contribution in [3.05, 3.63) is 71.9 Å². The molecule has 1 aromatic heterocycles. The summed E-state index contributed by atoms with van der Waals surface area (Å²) in [4.78, 5) is 17.9. The average molecular weight is 321 g/mol. The van der Waals surface area contributed by atoms with Gasteiger partial charge in [-0.2, -0.15) is 0 Å². The maximum absolute atomic E-state index is 12.9. The molecule has 0 bridgehead atoms. The van der Waals surface area contributed by atoms with E-state index >= 15 is 0 Å². The van der Waals surface area contributed by atoms with E-state index in [0.29, 0.717) is 12.1 Å². The molecule has 3 aromatic rings. The van der Waals surface area contributed by atoms with Crippen LogP contribution in [0.25, 0.3) is 10.9 Å². The smallest absolute Gasteiger partial charge is 0.253 e. The van der Waals surface area contributed by atoms with Crippen molar-refractivity contribution >= 4 is 16.8 Å². The number of fused-ring (bicyclic) bond motifs is 1. The van der Waals surface area contributed by atoms with Crippen molar-refractivity contribution in [3.8, 4) is 0 Å². The van der Waals surface area contributed by atoms with Crippen LogP contribution < -0.4 is 5.73 Å². The fourth-order valence-electron chi connectivity index (χ4n) is 3.07. The van der Waals surface area contributed by atoms with Gasteiger partial charge in [-0.05, 0) is 49.2 Å². The molecule has 3 rings (SSSR count). The maximum atomic E-state index is 12.9. The van der Waals surface area contributed by atoms with E-state index in [-0.39, 0.29) is 11.9 Å². The van der Waals surface area contributed by atoms with E-state index in [1.54, 1.807) is 0 Å². The molecule has 1 heterocycles. The predicted octanol–water partition coefficient (Wildman–Crippen LogP) is 3.20. The van der Waals surface area contributed by atoms with Gasteiger partial charge in [0, 0.05) is 35.8 Å². The molecule has 124 valence electrons. The Hall–Kier alpha value is -2.59. The summed E-state index contributed by atoms with van der Waals surface area (Å²) < 4.78 is 0. The Morgan fingerprint density at radius 2 is 1.96 bits per heavy atom. The van der Waals surface area contributed by atoms with Crippen LogP contribution in [0.1, 0.15) is 22.3 Å². The zero-order valence-electron chi connectivity index (χ0n) is 13.9. The van der Waals surface area contributed by atoms with Gasteiger partial charge in [-0.25, -0.2) is 0 Å². The molecule has 4 nitrogen and oxygen atoms in total. The third-order valence-electron chi connectivity index (χ3n) is 4.48. The van der Waals surface area contributed by atoms with Crippen LogP contribution in [0.2, 0.25) is 0 Å². The molecule has 0 radical (unpaired) electrons. The van der Waals surface area contributed by atoms with E-state index in [1.807, 2.05) is 60.6 Å². The molecule has 0 spiro atoms. The summed E-state index contributed by atoms with van der Waals surface area (Å²) >= 11 is 0. The summed E-state index contributed by atoms with van der Waals surface area (Å²) in [5, 5.41) is 1.05. The molecular weight excluding hydrogens is 298 g/mol. The largest absolute Gasteiger partial charge is 0.361 e. The quantitative estimate of drug-likeness (QED) is 0.732. The highest BCUT2D eigenvalue weighted by atomic mass is 16.2. The highest BCUT2D eigenvalue weighted by Crippen LogP contribution is 2.18. The molecule has 0 unspecified atom stereocenters. The Bertz CT molecular complexity index is 810. The number of nitrogens with two attached hydrogens (primary N) is 1. The highest BCUT2D eigenvalue weighted by molar-refractivity contribution is 5.98. The van der Waals surface area contributed by atoms with E-state index in [1.165, 1.54) is 5.56 Å². The molecule has 0 saturated heterocycles. The minimum atomic E-state index is 0.0347. The van der Waals surface area contributed by atoms with Crippen LogP contribution in [-0.4, -0.2) is 35.4 Å². The molecule has 0 aliphatic carbocycles. The summed E-state index contributed by atoms with van der Waals surface area (Å²) in [5.74, 6) is 0.0347. The van der Waals surface area contributed by atoms with Gasteiger partial charge in [-0.15, -0.1) is 0 Å². The van der Waals surface area contributed by atoms with Crippen LogP contribution in [0.4, 0.5) is 0 Å². The van der Waals surface area contributed by atoms with Crippen LogP contribution in [-0.2, 0) is 6.42 Å². The van der Waals surface area contributed by atoms with Crippen molar-refractivity contribution in [3.63, 3.8) is 0 Å². The second kappa shape index (κ2) is 7.32. The molecular formula is C20H23N3O. The van der Waals surface area contributed by atoms with E-state index in [4.69, 9.17) is 5.73 Å². The summed E-state index contributed by atoms with van der Waals surface area (Å²) in [6.07, 6.45) is 3.48. The fraction of sp³-hybridized carbons (Fsp3) is 0.250. The lowest BCUT2D eigenvalue weighted by molar-refractivity contribution is 0.0725. The lowest BCUT2D eigenvalue weighted by atomic mass is 10.0. The van der Waals surface area contributed by atoms with Gasteiger partial charge in [0.15, 0.2) is 0 Å². The van der Waals surface area contributed by atoms with Gasteiger partial charge < -0.3 is 15.6 Å². The number of rotatable bonds is 6. The Labute approximate surface area is 142 Å². The first-order chi connectivity index (χ1) is 11.7. The lowest BCUT2D eigenvalue weighted by Gasteiger charge is -2.28. The third-order valence-corrected chi connectivity index (χ3v) is 4.48. The molecule has 3 N–H and O–H groups in total. The second-order valence-electron chi connectivity index (χ2n) is 6.12. The van der Waals surface area contributed by atoms with Crippen molar-refractivity contribution in [2.75, 3.05) is 13.6 Å². The fourth-order valence-corrected chi connectivity index (χ4v) is 3.07. The van der Waals surface area contributed by atoms with Crippen LogP contribution in [0.15, 0.2) is 60.8 Å². The topological polar surface area (TPSA) is 62.1 Å². The number of nitrogens with zero attached hydrogens (tertiary/aromatic N) is 1. The van der Waals surface area contributed by atoms with Gasteiger partial charge in [0.2, 0.25) is 0 Å². The maximum Gasteiger partial charge on any atom is 0.253 e. The Kier molecular flexibility index (Phi) is 4.96. The minimum Gasteiger partial charge on any atom is -0.361 e. The summed E-state index contributed by atoms with van der Waals surface area (Å²) in [6.45, 7) is 0.561. The van der Waals surface area contributed by atoms with Crippen LogP contribution in [0, 0.1) is 0 Å². The van der Waals surface area contributed by atoms with Crippen molar-refractivity contribution in [1.82, 2.24) is 9.88 Å². The Morgan fingerprint density at radius 1 is 1.17 bits per heavy atom. The van der Waals surface area contributed by atoms with E-state index in [2.05, 4.69) is 17.1 Å². The SMILES string of the molecule is CN(C(=O)c1ccc2[nH]ccc2c1)[C@H](CCN)Cc1ccccc1. The van der Waals surface area contributed by atoms with Crippen molar-refractivity contribution < 1.29 is 4.79 Å². The standard InChI is InChI=1S/C20H23N3O/c1-23(18(9-11-21)13-15-5-3-2-4-6-15)20(24)17-7-8-19-16(14-17)10-12-22-19/h2-8,10,12,14,18,22H,9,11,13,21H2,1H3/t18-/m1/s1. The number of H-pyrrole nitrogens is 1. The molecule has 0 saturated carbocycles. The number of carbonyl (C=O) groups excluding carboxylic acids is 1. The average Bonchev–Trinajstić information content (AvgIpc) is 3.08. The third kappa shape index (κ3) is 3.49. The number of likely N-dealkylation sites (N-methyl/N-ethyl adjacent to an activating group) is 1. The van der Waals surface area contributed by atoms with Gasteiger partial charge in [0.25, 0.3) is 5.91 Å². The second-order valence-corrected chi connectivity index (χ2v) is 6.12. The molecule has 2 aromatic carbocycles. The van der Waals surface area contributed by atoms with Crippen molar-refractivity contribution in [2.45, 2.75) is 18.9 Å². The molecule has 0 aliphatic heterocycles. The van der Waals surface area contributed by atoms with E-state index < -0.39 is 0 Å². The van der Waals surface area contributed by atoms with E-state index in [9.17, 15) is 4.79 Å². The van der Waals surface area contributed by atoms with Crippen LogP contribution >= 0.6 is 0 Å². The van der Waals surface area contributed by atoms with Crippen molar-refractivity contribution in [2.24, 2.45) is 5.73 Å². The summed E-state index contributed by atoms with van der Waals surface area (Å²) in [6, 6.07) is 18.1. The van der Waals surface area contributed by atoms with Gasteiger partial charge in [0.05, 0.1) is 0 Å². The van der Waals surface area contributed by atoms with Gasteiger partial charge >= 0.3 is 0 Å². The highest BCUT2D eigenvalue weighted by Gasteiger charge is 2.21. The molecule has 24 heavy (non-hydrogen) atoms. The summed E-state index contributed by atoms with van der Waals surface area (Å²) in [7, 11) is 1.87. The zero-order chi connectivity index (χ0) is 16.9. The number of nitrogens with one attached hydrogen (secondary N) is 1. The number of hydrogen-bond acceptors (Lipinski definition) is 2. The number of aromatic amines is 1. The molecule has 0 fully saturated rings. The van der Waals surface area contributed by atoms with E-state index in [0.717, 1.165) is 23.7 Å². The lowest BCUT2D eigenvalue weighted by Crippen LogP contribution is -2.39. The molecule has 1 amide bonds. The van der Waals surface area contributed by atoms with Gasteiger partial charge in [-0.1, -0.05) is 30.3 Å². The number of aromatic nitrogens is 1. The number of carbonyl (C=O) groups is 1. The van der Waals surface area contributed by atoms with Crippen molar-refractivity contribution in [1.29, 1.82) is 0 Å². The first-order valence-corrected chi connectivity index (χ1v) is 8.27. The normalized spacial score (nSPS) is 12.2. The molecule has 1 atom stereocenters. The monoisotopic (exact) mass is 321 g/mol. The molecule has 0 aliphatic rings. The molecule has 4 heteroatoms. The first kappa shape index (κ1) is 16.3. The first-order valence-electron chi connectivity index (χ1n) is 8.27. The Balaban J connectivity index is 1.80. The number of benzene rings is 2. The Morgan fingerprint density at radius 3 is 2.71 bits per heavy atom. The predicted molar refractivity (Wildman–Crippen MR) is 98.0 cm³/mol. The van der Waals surface area contributed by atoms with Crippen LogP contribution in [0.3, 0.4) is 0 Å².